The first-order valence-corrected chi connectivity index (χ1v) is 29.7. The monoisotopic (exact) mass is 1180 g/mol. The molecule has 1 unspecified atom stereocenters. The summed E-state index contributed by atoms with van der Waals surface area (Å²) in [4.78, 5) is 119. The Balaban J connectivity index is 1.09. The minimum atomic E-state index is -1.03. The fraction of sp³-hybridized carbons (Fsp3) is 0.661. The van der Waals surface area contributed by atoms with Crippen LogP contribution in [-0.2, 0) is 65.5 Å². The summed E-state index contributed by atoms with van der Waals surface area (Å²) in [6.45, 7) is 16.3. The minimum absolute atomic E-state index is 0.00756. The molecular weight excluding hydrogens is 1080 g/mol. The summed E-state index contributed by atoms with van der Waals surface area (Å²) in [5, 5.41) is 25.3. The fourth-order valence-electron chi connectivity index (χ4n) is 11.8. The lowest BCUT2D eigenvalue weighted by molar-refractivity contribution is -0.151. The van der Waals surface area contributed by atoms with Gasteiger partial charge in [-0.1, -0.05) is 83.5 Å². The van der Waals surface area contributed by atoms with E-state index >= 15 is 0 Å². The molecule has 4 aliphatic rings. The molecule has 7 amide bonds. The third-order valence-corrected chi connectivity index (χ3v) is 16.7. The fourth-order valence-corrected chi connectivity index (χ4v) is 11.8. The van der Waals surface area contributed by atoms with Gasteiger partial charge in [-0.15, -0.1) is 0 Å². The normalized spacial score (nSPS) is 24.5. The van der Waals surface area contributed by atoms with E-state index in [1.54, 1.807) is 45.3 Å². The average Bonchev–Trinajstić information content (AvgIpc) is 1.90. The predicted molar refractivity (Wildman–Crippen MR) is 311 cm³/mol. The largest absolute Gasteiger partial charge is 0.481 e. The number of ketones is 2. The number of Topliss-reactive ketones (excluding diaryl/α,β-unsaturated/α-hetero) is 2. The second-order valence-electron chi connectivity index (χ2n) is 24.0. The van der Waals surface area contributed by atoms with Gasteiger partial charge in [0.25, 0.3) is 11.8 Å². The molecule has 0 bridgehead atoms. The summed E-state index contributed by atoms with van der Waals surface area (Å²) >= 11 is 0. The number of carboxylic acids is 1. The van der Waals surface area contributed by atoms with E-state index in [1.807, 2.05) is 46.8 Å². The van der Waals surface area contributed by atoms with Gasteiger partial charge in [-0.05, 0) is 87.8 Å². The van der Waals surface area contributed by atoms with Crippen molar-refractivity contribution in [2.24, 2.45) is 35.3 Å². The van der Waals surface area contributed by atoms with Crippen molar-refractivity contribution in [1.29, 1.82) is 0 Å². The first-order chi connectivity index (χ1) is 39.7. The van der Waals surface area contributed by atoms with E-state index in [0.717, 1.165) is 16.9 Å². The number of unbranched alkanes of at least 4 members (excludes halogenated alkanes) is 2. The van der Waals surface area contributed by atoms with Gasteiger partial charge in [0, 0.05) is 95.9 Å². The first kappa shape index (κ1) is 68.3. The molecule has 4 aliphatic heterocycles. The summed E-state index contributed by atoms with van der Waals surface area (Å²) < 4.78 is 29.8. The van der Waals surface area contributed by atoms with Gasteiger partial charge in [-0.2, -0.15) is 0 Å². The Labute approximate surface area is 494 Å². The molecule has 3 saturated heterocycles. The average molecular weight is 1180 g/mol. The summed E-state index contributed by atoms with van der Waals surface area (Å²) in [6.07, 6.45) is 7.99. The molecule has 5 rings (SSSR count). The number of carboxylic acid groups (broad SMARTS) is 1. The molecule has 0 radical (unpaired) electrons. The topological polar surface area (TPSA) is 303 Å². The highest BCUT2D eigenvalue weighted by Crippen LogP contribution is 2.47. The molecule has 13 atom stereocenters. The van der Waals surface area contributed by atoms with Gasteiger partial charge >= 0.3 is 24.2 Å². The van der Waals surface area contributed by atoms with Crippen LogP contribution in [0.3, 0.4) is 0 Å². The third-order valence-electron chi connectivity index (χ3n) is 16.7. The van der Waals surface area contributed by atoms with Crippen molar-refractivity contribution in [2.75, 3.05) is 40.3 Å². The predicted octanol–water partition coefficient (Wildman–Crippen LogP) is 6.58. The van der Waals surface area contributed by atoms with Gasteiger partial charge in [0.15, 0.2) is 5.78 Å². The van der Waals surface area contributed by atoms with Crippen LogP contribution in [-0.4, -0.2) is 173 Å². The number of methoxy groups -OCH3 is 1. The van der Waals surface area contributed by atoms with Crippen molar-refractivity contribution < 1.29 is 77.0 Å². The van der Waals surface area contributed by atoms with E-state index < -0.39 is 66.5 Å². The lowest BCUT2D eigenvalue weighted by atomic mass is 9.85. The number of carbonyl (C=O) groups is 9. The second-order valence-corrected chi connectivity index (χ2v) is 24.0. The summed E-state index contributed by atoms with van der Waals surface area (Å²) in [5.74, 6) is -3.62. The number of hydrogen-bond acceptors (Lipinski definition) is 15. The smallest absolute Gasteiger partial charge is 0.410 e. The molecule has 1 aromatic carbocycles. The number of nitrogens with zero attached hydrogens (tertiary/aromatic N) is 3. The standard InChI is InChI=1S/C62H92N6O16/c1-37(2)48(31-46(70)18-12-11-13-28-68-52(72)24-25-53(68)73)58(76)65-49(19-15-27-64-59(63)77)50(71)30-43-20-22-44(23-21-43)36-81-60(78)66(9)45-26-29-67(35-45)61(79)83-51-32-47(33-54(74)75)82-55(40(51)5)39(4)17-14-16-38(3)34-62(8)57(84-62)41(6)56(80-10)42(7)69/h14,16-17,20-25,37-38,40-42,45,47-49,51,55-57,69H,11-13,15,18-19,26-36H2,1-10H3,(H,65,76)(H,74,75)(H3,63,64,77)/b16-14+,39-17+/t38-,40+,41-,42-,45?,47-,48-,49+,51-,55-,56-,57-,62-/m1/s1. The van der Waals surface area contributed by atoms with Gasteiger partial charge in [0.1, 0.15) is 18.5 Å². The Kier molecular flexibility index (Phi) is 26.1. The highest BCUT2D eigenvalue weighted by Gasteiger charge is 2.57. The van der Waals surface area contributed by atoms with Crippen molar-refractivity contribution in [3.63, 3.8) is 0 Å². The Bertz CT molecular complexity index is 2530. The van der Waals surface area contributed by atoms with Crippen LogP contribution >= 0.6 is 0 Å². The van der Waals surface area contributed by atoms with Crippen LogP contribution in [0.5, 0.6) is 0 Å². The van der Waals surface area contributed by atoms with E-state index in [9.17, 15) is 53.4 Å². The molecule has 3 fully saturated rings. The number of likely N-dealkylation sites (tertiary alicyclic amines) is 1. The number of likely N-dealkylation sites (N-methyl/N-ethyl adjacent to an activating group) is 1. The Morgan fingerprint density at radius 3 is 2.29 bits per heavy atom. The zero-order chi connectivity index (χ0) is 62.0. The zero-order valence-electron chi connectivity index (χ0n) is 50.8. The number of nitrogens with one attached hydrogen (secondary N) is 2. The van der Waals surface area contributed by atoms with Crippen molar-refractivity contribution in [2.45, 2.75) is 193 Å². The minimum Gasteiger partial charge on any atom is -0.481 e. The van der Waals surface area contributed by atoms with E-state index in [2.05, 4.69) is 30.6 Å². The van der Waals surface area contributed by atoms with Crippen LogP contribution in [0.15, 0.2) is 60.2 Å². The molecule has 1 aromatic rings. The molecule has 466 valence electrons. The van der Waals surface area contributed by atoms with E-state index in [1.165, 1.54) is 22.0 Å². The highest BCUT2D eigenvalue weighted by molar-refractivity contribution is 6.12. The number of carbonyl (C=O) groups excluding carboxylic acids is 8. The number of benzene rings is 1. The lowest BCUT2D eigenvalue weighted by Crippen LogP contribution is -2.47. The van der Waals surface area contributed by atoms with Crippen LogP contribution in [0.25, 0.3) is 0 Å². The number of imide groups is 1. The molecule has 84 heavy (non-hydrogen) atoms. The highest BCUT2D eigenvalue weighted by atomic mass is 16.6. The number of urea groups is 1. The number of hydrogen-bond donors (Lipinski definition) is 5. The quantitative estimate of drug-likeness (QED) is 0.0215. The molecule has 0 aliphatic carbocycles. The second kappa shape index (κ2) is 32.1. The zero-order valence-corrected chi connectivity index (χ0v) is 50.8. The number of rotatable bonds is 33. The molecular formula is C62H92N6O16. The number of aliphatic carboxylic acids is 1. The number of ether oxygens (including phenoxy) is 5. The van der Waals surface area contributed by atoms with E-state index in [4.69, 9.17) is 29.4 Å². The van der Waals surface area contributed by atoms with Gasteiger partial charge < -0.3 is 60.1 Å². The van der Waals surface area contributed by atoms with Gasteiger partial charge in [-0.25, -0.2) is 14.4 Å². The summed E-state index contributed by atoms with van der Waals surface area (Å²) in [5.41, 5.74) is 7.04. The van der Waals surface area contributed by atoms with Crippen molar-refractivity contribution >= 4 is 53.5 Å². The Morgan fingerprint density at radius 1 is 0.976 bits per heavy atom. The maximum atomic E-state index is 13.8. The van der Waals surface area contributed by atoms with E-state index in [-0.39, 0.29) is 136 Å². The lowest BCUT2D eigenvalue weighted by Gasteiger charge is -2.40. The maximum absolute atomic E-state index is 13.8. The summed E-state index contributed by atoms with van der Waals surface area (Å²) in [7, 11) is 3.19. The molecule has 0 spiro atoms. The molecule has 6 N–H and O–H groups in total. The van der Waals surface area contributed by atoms with Crippen LogP contribution in [0.1, 0.15) is 137 Å². The van der Waals surface area contributed by atoms with Crippen molar-refractivity contribution in [1.82, 2.24) is 25.3 Å². The Hall–Kier alpha value is -6.49. The van der Waals surface area contributed by atoms with Crippen molar-refractivity contribution in [3.05, 3.63) is 71.3 Å². The van der Waals surface area contributed by atoms with Crippen molar-refractivity contribution in [3.8, 4) is 0 Å². The van der Waals surface area contributed by atoms with Gasteiger partial charge in [0.05, 0.1) is 54.6 Å². The SMILES string of the molecule is CO[C@H]([C@@H](C)[C@H]1O[C@]1(C)C[C@H](C)/C=C/C=C(\C)[C@H]1O[C@@H](CC(=O)O)C[C@@H](OC(=O)N2CCC(N(C)C(=O)OCc3ccc(CC(=O)[C@H](CCCNC(N)=O)NC(=O)[C@H](CC(=O)CCCCCN4C(=O)C=CC4=O)C(C)C)cc3)C2)[C@@H]1C)[C@@H](C)O. The third kappa shape index (κ3) is 20.4. The van der Waals surface area contributed by atoms with Crippen LogP contribution in [0, 0.1) is 29.6 Å². The molecule has 22 nitrogen and oxygen atoms in total. The molecule has 4 heterocycles. The first-order valence-electron chi connectivity index (χ1n) is 29.7. The number of aliphatic hydroxyl groups excluding tert-OH is 1. The Morgan fingerprint density at radius 2 is 1.65 bits per heavy atom. The van der Waals surface area contributed by atoms with Crippen LogP contribution < -0.4 is 16.4 Å². The molecule has 22 heteroatoms. The van der Waals surface area contributed by atoms with Crippen LogP contribution in [0.4, 0.5) is 14.4 Å². The van der Waals surface area contributed by atoms with Gasteiger partial charge in [0.2, 0.25) is 5.91 Å². The maximum Gasteiger partial charge on any atom is 0.410 e. The van der Waals surface area contributed by atoms with Crippen LogP contribution in [0.2, 0.25) is 0 Å². The number of amides is 7. The number of allylic oxidation sites excluding steroid dienone is 3. The number of nitrogens with two attached hydrogens (primary N) is 1. The molecule has 0 aromatic heterocycles. The summed E-state index contributed by atoms with van der Waals surface area (Å²) in [6, 6.07) is 4.91. The van der Waals surface area contributed by atoms with E-state index in [0.29, 0.717) is 49.8 Å². The number of primary amides is 1. The van der Waals surface area contributed by atoms with Gasteiger partial charge in [-0.3, -0.25) is 33.7 Å². The number of epoxide rings is 1. The number of aliphatic hydroxyl groups is 1. The molecule has 0 saturated carbocycles.